The number of imidazole rings is 1. The maximum absolute atomic E-state index is 11.7. The summed E-state index contributed by atoms with van der Waals surface area (Å²) in [4.78, 5) is 6.93. The molecule has 1 aromatic carbocycles. The third kappa shape index (κ3) is 3.04. The topological polar surface area (TPSA) is 113 Å². The minimum Gasteiger partial charge on any atom is -0.398 e. The molecule has 8 heteroatoms. The number of nitrogens with zero attached hydrogens (tertiary/aromatic N) is 1. The Bertz CT molecular complexity index is 652. The molecule has 0 atom stereocenters. The molecule has 0 aliphatic heterocycles. The average Bonchev–Trinajstić information content (AvgIpc) is 2.89. The summed E-state index contributed by atoms with van der Waals surface area (Å²) in [7, 11) is -2.18. The molecule has 19 heavy (non-hydrogen) atoms. The highest BCUT2D eigenvalue weighted by Gasteiger charge is 2.15. The van der Waals surface area contributed by atoms with Gasteiger partial charge in [-0.1, -0.05) is 0 Å². The number of hydrogen-bond acceptors (Lipinski definition) is 5. The fourth-order valence-electron chi connectivity index (χ4n) is 1.59. The lowest BCUT2D eigenvalue weighted by molar-refractivity contribution is 0.588. The Kier molecular flexibility index (Phi) is 3.72. The largest absolute Gasteiger partial charge is 0.398 e. The standard InChI is InChI=1S/C11H15N5O2S/c1-13-19(17,18)11-3-2-8(4-10(11)12)15-6-9-5-14-7-16-9/h2-5,7,13,15H,6,12H2,1H3,(H,14,16). The third-order valence-electron chi connectivity index (χ3n) is 2.61. The van der Waals surface area contributed by atoms with Gasteiger partial charge in [0.2, 0.25) is 10.0 Å². The van der Waals surface area contributed by atoms with E-state index in [4.69, 9.17) is 5.73 Å². The van der Waals surface area contributed by atoms with Crippen molar-refractivity contribution >= 4 is 21.4 Å². The maximum atomic E-state index is 11.7. The monoisotopic (exact) mass is 281 g/mol. The zero-order valence-electron chi connectivity index (χ0n) is 10.3. The number of nitrogen functional groups attached to an aromatic ring is 1. The van der Waals surface area contributed by atoms with Crippen molar-refractivity contribution in [2.24, 2.45) is 0 Å². The molecule has 102 valence electrons. The minimum absolute atomic E-state index is 0.0714. The van der Waals surface area contributed by atoms with Gasteiger partial charge in [-0.05, 0) is 25.2 Å². The lowest BCUT2D eigenvalue weighted by atomic mass is 10.3. The second-order valence-electron chi connectivity index (χ2n) is 3.89. The quantitative estimate of drug-likeness (QED) is 0.596. The normalized spacial score (nSPS) is 11.4. The number of hydrogen-bond donors (Lipinski definition) is 4. The van der Waals surface area contributed by atoms with Crippen molar-refractivity contribution in [1.29, 1.82) is 0 Å². The van der Waals surface area contributed by atoms with E-state index in [9.17, 15) is 8.42 Å². The van der Waals surface area contributed by atoms with Gasteiger partial charge >= 0.3 is 0 Å². The summed E-state index contributed by atoms with van der Waals surface area (Å²) in [6.45, 7) is 0.553. The van der Waals surface area contributed by atoms with Crippen LogP contribution in [0.1, 0.15) is 5.69 Å². The minimum atomic E-state index is -3.52. The SMILES string of the molecule is CNS(=O)(=O)c1ccc(NCc2cnc[nH]2)cc1N. The van der Waals surface area contributed by atoms with Crippen LogP contribution < -0.4 is 15.8 Å². The molecule has 0 spiro atoms. The molecule has 0 fully saturated rings. The lowest BCUT2D eigenvalue weighted by Gasteiger charge is -2.09. The van der Waals surface area contributed by atoms with E-state index in [1.165, 1.54) is 13.1 Å². The summed E-state index contributed by atoms with van der Waals surface area (Å²) in [5, 5.41) is 3.12. The van der Waals surface area contributed by atoms with Gasteiger partial charge in [-0.25, -0.2) is 18.1 Å². The fraction of sp³-hybridized carbons (Fsp3) is 0.182. The summed E-state index contributed by atoms with van der Waals surface area (Å²) in [6, 6.07) is 4.72. The van der Waals surface area contributed by atoms with Gasteiger partial charge in [0, 0.05) is 11.9 Å². The van der Waals surface area contributed by atoms with Gasteiger partial charge in [0.25, 0.3) is 0 Å². The molecular weight excluding hydrogens is 266 g/mol. The number of rotatable bonds is 5. The Balaban J connectivity index is 2.15. The lowest BCUT2D eigenvalue weighted by Crippen LogP contribution is -2.20. The first-order chi connectivity index (χ1) is 9.03. The van der Waals surface area contributed by atoms with Crippen LogP contribution in [0, 0.1) is 0 Å². The smallest absolute Gasteiger partial charge is 0.242 e. The zero-order valence-corrected chi connectivity index (χ0v) is 11.2. The van der Waals surface area contributed by atoms with Crippen LogP contribution in [0.25, 0.3) is 0 Å². The van der Waals surface area contributed by atoms with Crippen molar-refractivity contribution in [3.05, 3.63) is 36.4 Å². The first-order valence-electron chi connectivity index (χ1n) is 5.57. The van der Waals surface area contributed by atoms with E-state index in [1.54, 1.807) is 24.7 Å². The summed E-state index contributed by atoms with van der Waals surface area (Å²) in [5.74, 6) is 0. The van der Waals surface area contributed by atoms with Crippen molar-refractivity contribution in [2.75, 3.05) is 18.1 Å². The molecule has 2 aromatic rings. The van der Waals surface area contributed by atoms with Crippen molar-refractivity contribution < 1.29 is 8.42 Å². The van der Waals surface area contributed by atoms with Crippen molar-refractivity contribution in [1.82, 2.24) is 14.7 Å². The molecule has 0 aliphatic rings. The van der Waals surface area contributed by atoms with Gasteiger partial charge in [-0.2, -0.15) is 0 Å². The Labute approximate surface area is 111 Å². The second-order valence-corrected chi connectivity index (χ2v) is 5.75. The predicted molar refractivity (Wildman–Crippen MR) is 73.0 cm³/mol. The summed E-state index contributed by atoms with van der Waals surface area (Å²) in [5.41, 5.74) is 7.61. The number of benzene rings is 1. The van der Waals surface area contributed by atoms with Gasteiger partial charge in [0.15, 0.2) is 0 Å². The first kappa shape index (κ1) is 13.4. The highest BCUT2D eigenvalue weighted by Crippen LogP contribution is 2.22. The predicted octanol–water partition coefficient (Wildman–Crippen LogP) is 0.512. The van der Waals surface area contributed by atoms with E-state index in [0.29, 0.717) is 6.54 Å². The fourth-order valence-corrected chi connectivity index (χ4v) is 2.43. The Morgan fingerprint density at radius 1 is 1.42 bits per heavy atom. The zero-order chi connectivity index (χ0) is 13.9. The first-order valence-corrected chi connectivity index (χ1v) is 7.05. The van der Waals surface area contributed by atoms with Crippen LogP contribution in [-0.4, -0.2) is 25.4 Å². The van der Waals surface area contributed by atoms with Gasteiger partial charge in [-0.3, -0.25) is 0 Å². The molecular formula is C11H15N5O2S. The number of nitrogens with one attached hydrogen (secondary N) is 3. The van der Waals surface area contributed by atoms with Crippen molar-refractivity contribution in [2.45, 2.75) is 11.4 Å². The van der Waals surface area contributed by atoms with Gasteiger partial charge < -0.3 is 16.0 Å². The molecule has 0 saturated carbocycles. The molecule has 0 bridgehead atoms. The van der Waals surface area contributed by atoms with Crippen LogP contribution in [0.15, 0.2) is 35.6 Å². The van der Waals surface area contributed by atoms with Crippen LogP contribution in [0.4, 0.5) is 11.4 Å². The van der Waals surface area contributed by atoms with E-state index >= 15 is 0 Å². The summed E-state index contributed by atoms with van der Waals surface area (Å²) >= 11 is 0. The Morgan fingerprint density at radius 3 is 2.79 bits per heavy atom. The Morgan fingerprint density at radius 2 is 2.21 bits per heavy atom. The molecule has 7 nitrogen and oxygen atoms in total. The van der Waals surface area contributed by atoms with E-state index in [1.807, 2.05) is 0 Å². The van der Waals surface area contributed by atoms with E-state index < -0.39 is 10.0 Å². The van der Waals surface area contributed by atoms with E-state index in [0.717, 1.165) is 11.4 Å². The maximum Gasteiger partial charge on any atom is 0.242 e. The van der Waals surface area contributed by atoms with Crippen LogP contribution in [0.2, 0.25) is 0 Å². The van der Waals surface area contributed by atoms with Gasteiger partial charge in [0.1, 0.15) is 4.90 Å². The van der Waals surface area contributed by atoms with Crippen LogP contribution >= 0.6 is 0 Å². The number of anilines is 2. The molecule has 1 aromatic heterocycles. The Hall–Kier alpha value is -2.06. The number of aromatic amines is 1. The van der Waals surface area contributed by atoms with Crippen LogP contribution in [0.5, 0.6) is 0 Å². The van der Waals surface area contributed by atoms with Gasteiger partial charge in [0.05, 0.1) is 24.3 Å². The molecule has 0 radical (unpaired) electrons. The molecule has 0 amide bonds. The molecule has 5 N–H and O–H groups in total. The summed E-state index contributed by atoms with van der Waals surface area (Å²) in [6.07, 6.45) is 3.30. The number of nitrogens with two attached hydrogens (primary N) is 1. The van der Waals surface area contributed by atoms with Crippen LogP contribution in [0.3, 0.4) is 0 Å². The van der Waals surface area contributed by atoms with Crippen molar-refractivity contribution in [3.8, 4) is 0 Å². The number of aromatic nitrogens is 2. The molecule has 0 aliphatic carbocycles. The number of sulfonamides is 1. The summed E-state index contributed by atoms with van der Waals surface area (Å²) < 4.78 is 25.5. The second kappa shape index (κ2) is 5.29. The highest BCUT2D eigenvalue weighted by atomic mass is 32.2. The van der Waals surface area contributed by atoms with E-state index in [2.05, 4.69) is 20.0 Å². The van der Waals surface area contributed by atoms with Gasteiger partial charge in [-0.15, -0.1) is 0 Å². The number of H-pyrrole nitrogens is 1. The van der Waals surface area contributed by atoms with Crippen LogP contribution in [-0.2, 0) is 16.6 Å². The molecule has 2 rings (SSSR count). The van der Waals surface area contributed by atoms with Crippen molar-refractivity contribution in [3.63, 3.8) is 0 Å². The molecule has 0 unspecified atom stereocenters. The molecule has 1 heterocycles. The third-order valence-corrected chi connectivity index (χ3v) is 4.09. The van der Waals surface area contributed by atoms with E-state index in [-0.39, 0.29) is 10.6 Å². The highest BCUT2D eigenvalue weighted by molar-refractivity contribution is 7.89. The molecule has 0 saturated heterocycles. The average molecular weight is 281 g/mol.